The molecule has 0 fully saturated rings. The van der Waals surface area contributed by atoms with Gasteiger partial charge in [0, 0.05) is 40.1 Å². The summed E-state index contributed by atoms with van der Waals surface area (Å²) in [5, 5.41) is 5.12. The molecule has 6 heteroatoms. The second-order valence-corrected chi connectivity index (χ2v) is 8.77. The molecule has 2 heterocycles. The van der Waals surface area contributed by atoms with E-state index < -0.39 is 0 Å². The molecular weight excluding hydrogens is 370 g/mol. The number of aromatic nitrogens is 2. The van der Waals surface area contributed by atoms with Gasteiger partial charge in [0.05, 0.1) is 11.4 Å². The van der Waals surface area contributed by atoms with Crippen LogP contribution in [-0.4, -0.2) is 27.8 Å². The molecule has 0 bridgehead atoms. The molecule has 0 radical (unpaired) electrons. The van der Waals surface area contributed by atoms with Crippen LogP contribution in [0.5, 0.6) is 0 Å². The van der Waals surface area contributed by atoms with Crippen LogP contribution in [0.25, 0.3) is 10.9 Å². The Morgan fingerprint density at radius 2 is 2.04 bits per heavy atom. The highest BCUT2D eigenvalue weighted by Crippen LogP contribution is 2.27. The van der Waals surface area contributed by atoms with E-state index in [0.717, 1.165) is 45.8 Å². The lowest BCUT2D eigenvalue weighted by atomic mass is 10.0. The van der Waals surface area contributed by atoms with Gasteiger partial charge < -0.3 is 14.4 Å². The normalized spacial score (nSPS) is 12.6. The van der Waals surface area contributed by atoms with E-state index in [1.807, 2.05) is 43.1 Å². The Hall–Kier alpha value is -2.21. The Bertz CT molecular complexity index is 925. The maximum absolute atomic E-state index is 13.2. The monoisotopic (exact) mass is 399 g/mol. The molecule has 3 rings (SSSR count). The highest BCUT2D eigenvalue weighted by atomic mass is 32.2. The fraction of sp³-hybridized carbons (Fsp3) is 0.455. The van der Waals surface area contributed by atoms with Gasteiger partial charge in [-0.25, -0.2) is 0 Å². The van der Waals surface area contributed by atoms with Crippen LogP contribution >= 0.6 is 11.8 Å². The lowest BCUT2D eigenvalue weighted by Gasteiger charge is -2.30. The zero-order chi connectivity index (χ0) is 20.3. The molecule has 1 aromatic carbocycles. The van der Waals surface area contributed by atoms with Crippen LogP contribution in [0.4, 0.5) is 5.69 Å². The number of H-pyrrole nitrogens is 1. The zero-order valence-corrected chi connectivity index (χ0v) is 18.1. The minimum absolute atomic E-state index is 0.139. The Balaban J connectivity index is 1.76. The van der Waals surface area contributed by atoms with Gasteiger partial charge in [-0.2, -0.15) is 0 Å². The lowest BCUT2D eigenvalue weighted by Crippen LogP contribution is -2.40. The third-order valence-corrected chi connectivity index (χ3v) is 5.93. The molecule has 0 saturated heterocycles. The molecule has 0 aliphatic rings. The molecule has 0 aliphatic heterocycles. The molecule has 2 aromatic heterocycles. The van der Waals surface area contributed by atoms with Crippen molar-refractivity contribution in [3.05, 3.63) is 47.5 Å². The van der Waals surface area contributed by atoms with E-state index in [1.165, 1.54) is 0 Å². The number of carbonyl (C=O) groups is 1. The number of fused-ring (bicyclic) bond motifs is 1. The summed E-state index contributed by atoms with van der Waals surface area (Å²) in [6.07, 6.45) is 2.89. The average molecular weight is 400 g/mol. The molecule has 1 N–H and O–H groups in total. The predicted molar refractivity (Wildman–Crippen MR) is 117 cm³/mol. The van der Waals surface area contributed by atoms with Gasteiger partial charge in [-0.05, 0) is 57.4 Å². The third kappa shape index (κ3) is 4.61. The van der Waals surface area contributed by atoms with Gasteiger partial charge in [0.1, 0.15) is 5.76 Å². The van der Waals surface area contributed by atoms with E-state index >= 15 is 0 Å². The first-order valence-corrected chi connectivity index (χ1v) is 10.9. The molecule has 28 heavy (non-hydrogen) atoms. The van der Waals surface area contributed by atoms with Gasteiger partial charge in [0.25, 0.3) is 0 Å². The quantitative estimate of drug-likeness (QED) is 0.545. The van der Waals surface area contributed by atoms with Gasteiger partial charge in [-0.1, -0.05) is 19.0 Å². The average Bonchev–Trinajstić information content (AvgIpc) is 3.22. The van der Waals surface area contributed by atoms with Gasteiger partial charge in [0.15, 0.2) is 0 Å². The number of thioether (sulfide) groups is 1. The fourth-order valence-corrected chi connectivity index (χ4v) is 4.67. The number of nitrogens with one attached hydrogen (secondary N) is 1. The molecule has 0 saturated carbocycles. The number of aryl methyl sites for hydroxylation is 2. The fourth-order valence-electron chi connectivity index (χ4n) is 3.64. The van der Waals surface area contributed by atoms with Crippen molar-refractivity contribution < 1.29 is 9.32 Å². The van der Waals surface area contributed by atoms with Crippen LogP contribution in [-0.2, 0) is 10.5 Å². The highest BCUT2D eigenvalue weighted by Gasteiger charge is 2.23. The second-order valence-electron chi connectivity index (χ2n) is 7.79. The van der Waals surface area contributed by atoms with E-state index in [2.05, 4.69) is 37.0 Å². The minimum Gasteiger partial charge on any atom is -0.361 e. The predicted octanol–water partition coefficient (Wildman–Crippen LogP) is 5.47. The summed E-state index contributed by atoms with van der Waals surface area (Å²) < 4.78 is 5.22. The number of aromatic amines is 1. The van der Waals surface area contributed by atoms with Crippen molar-refractivity contribution in [2.24, 2.45) is 5.92 Å². The number of amides is 1. The van der Waals surface area contributed by atoms with E-state index in [0.29, 0.717) is 11.7 Å². The van der Waals surface area contributed by atoms with Crippen molar-refractivity contribution in [3.8, 4) is 0 Å². The summed E-state index contributed by atoms with van der Waals surface area (Å²) in [7, 11) is 0. The van der Waals surface area contributed by atoms with Gasteiger partial charge in [-0.15, -0.1) is 11.8 Å². The number of hydrogen-bond acceptors (Lipinski definition) is 4. The summed E-state index contributed by atoms with van der Waals surface area (Å²) >= 11 is 1.61. The van der Waals surface area contributed by atoms with E-state index in [-0.39, 0.29) is 11.9 Å². The van der Waals surface area contributed by atoms with Gasteiger partial charge >= 0.3 is 0 Å². The third-order valence-electron chi connectivity index (χ3n) is 4.99. The molecule has 0 spiro atoms. The summed E-state index contributed by atoms with van der Waals surface area (Å²) in [5.74, 6) is 2.66. The topological polar surface area (TPSA) is 62.1 Å². The van der Waals surface area contributed by atoms with Gasteiger partial charge in [0.2, 0.25) is 5.91 Å². The number of nitrogens with zero attached hydrogens (tertiary/aromatic N) is 2. The van der Waals surface area contributed by atoms with Crippen LogP contribution in [0.1, 0.15) is 44.2 Å². The number of rotatable bonds is 8. The molecule has 0 aliphatic carbocycles. The number of hydrogen-bond donors (Lipinski definition) is 1. The van der Waals surface area contributed by atoms with E-state index in [1.54, 1.807) is 11.8 Å². The first-order chi connectivity index (χ1) is 13.4. The van der Waals surface area contributed by atoms with Crippen LogP contribution < -0.4 is 4.90 Å². The summed E-state index contributed by atoms with van der Waals surface area (Å²) in [6.45, 7) is 10.4. The summed E-state index contributed by atoms with van der Waals surface area (Å²) in [5.41, 5.74) is 4.04. The zero-order valence-electron chi connectivity index (χ0n) is 17.3. The Morgan fingerprint density at radius 1 is 1.25 bits per heavy atom. The van der Waals surface area contributed by atoms with Crippen molar-refractivity contribution >= 4 is 34.3 Å². The molecule has 3 aromatic rings. The molecule has 1 atom stereocenters. The van der Waals surface area contributed by atoms with Crippen LogP contribution in [0.15, 0.2) is 35.0 Å². The van der Waals surface area contributed by atoms with Crippen molar-refractivity contribution in [3.63, 3.8) is 0 Å². The number of carbonyl (C=O) groups excluding carboxylic acids is 1. The first-order valence-electron chi connectivity index (χ1n) is 9.75. The van der Waals surface area contributed by atoms with Crippen LogP contribution in [0.2, 0.25) is 0 Å². The molecular formula is C22H29N3O2S. The van der Waals surface area contributed by atoms with Crippen LogP contribution in [0.3, 0.4) is 0 Å². The van der Waals surface area contributed by atoms with Gasteiger partial charge in [-0.3, -0.25) is 4.79 Å². The lowest BCUT2D eigenvalue weighted by molar-refractivity contribution is -0.116. The number of benzene rings is 1. The standard InChI is InChI=1S/C22H29N3O2S/c1-14(2)10-15(3)25(19-6-7-21-18(11-19)8-9-23-21)22(26)13-28-12-20-16(4)24-27-17(20)5/h6-9,11,14-15,23H,10,12-13H2,1-5H3. The molecule has 5 nitrogen and oxygen atoms in total. The molecule has 1 amide bonds. The highest BCUT2D eigenvalue weighted by molar-refractivity contribution is 7.99. The smallest absolute Gasteiger partial charge is 0.237 e. The second kappa shape index (κ2) is 8.86. The Morgan fingerprint density at radius 3 is 2.71 bits per heavy atom. The van der Waals surface area contributed by atoms with Crippen LogP contribution in [0, 0.1) is 19.8 Å². The SMILES string of the molecule is Cc1noc(C)c1CSCC(=O)N(c1ccc2[nH]ccc2c1)C(C)CC(C)C. The maximum atomic E-state index is 13.2. The van der Waals surface area contributed by atoms with Crippen molar-refractivity contribution in [1.82, 2.24) is 10.1 Å². The Labute approximate surface area is 170 Å². The number of anilines is 1. The van der Waals surface area contributed by atoms with Crippen molar-refractivity contribution in [2.45, 2.75) is 52.8 Å². The van der Waals surface area contributed by atoms with Crippen molar-refractivity contribution in [1.29, 1.82) is 0 Å². The first kappa shape index (κ1) is 20.5. The van der Waals surface area contributed by atoms with E-state index in [9.17, 15) is 4.79 Å². The van der Waals surface area contributed by atoms with Crippen molar-refractivity contribution in [2.75, 3.05) is 10.7 Å². The largest absolute Gasteiger partial charge is 0.361 e. The molecule has 150 valence electrons. The summed E-state index contributed by atoms with van der Waals surface area (Å²) in [6, 6.07) is 8.36. The summed E-state index contributed by atoms with van der Waals surface area (Å²) in [4.78, 5) is 18.4. The minimum atomic E-state index is 0.139. The maximum Gasteiger partial charge on any atom is 0.237 e. The van der Waals surface area contributed by atoms with E-state index in [4.69, 9.17) is 4.52 Å². The molecule has 1 unspecified atom stereocenters. The Kier molecular flexibility index (Phi) is 6.50.